The third kappa shape index (κ3) is 4.40. The highest BCUT2D eigenvalue weighted by Gasteiger charge is 2.12. The van der Waals surface area contributed by atoms with Gasteiger partial charge in [0.25, 0.3) is 5.91 Å². The molecule has 1 atom stereocenters. The van der Waals surface area contributed by atoms with Crippen molar-refractivity contribution in [2.75, 3.05) is 25.9 Å². The molecule has 19 heavy (non-hydrogen) atoms. The lowest BCUT2D eigenvalue weighted by Gasteiger charge is -2.23. The van der Waals surface area contributed by atoms with Gasteiger partial charge in [-0.05, 0) is 32.5 Å². The summed E-state index contributed by atoms with van der Waals surface area (Å²) in [4.78, 5) is 14.2. The van der Waals surface area contributed by atoms with Crippen LogP contribution in [0.1, 0.15) is 30.6 Å². The molecule has 0 spiro atoms. The van der Waals surface area contributed by atoms with E-state index in [9.17, 15) is 4.79 Å². The maximum absolute atomic E-state index is 12.0. The van der Waals surface area contributed by atoms with Crippen molar-refractivity contribution in [3.8, 4) is 0 Å². The maximum Gasteiger partial charge on any atom is 0.252 e. The van der Waals surface area contributed by atoms with Crippen molar-refractivity contribution in [2.45, 2.75) is 26.3 Å². The monoisotopic (exact) mass is 283 g/mol. The molecule has 0 aromatic heterocycles. The van der Waals surface area contributed by atoms with Gasteiger partial charge < -0.3 is 16.0 Å². The minimum Gasteiger partial charge on any atom is -0.398 e. The molecule has 0 saturated heterocycles. The lowest BCUT2D eigenvalue weighted by Crippen LogP contribution is -2.37. The Kier molecular flexibility index (Phi) is 6.12. The molecule has 1 aromatic carbocycles. The molecule has 0 saturated carbocycles. The molecular weight excluding hydrogens is 262 g/mol. The predicted octanol–water partition coefficient (Wildman–Crippen LogP) is 2.38. The Balaban J connectivity index is 2.50. The number of nitrogens with two attached hydrogens (primary N) is 1. The number of nitrogen functional groups attached to an aromatic ring is 1. The maximum atomic E-state index is 12.0. The van der Waals surface area contributed by atoms with Crippen LogP contribution in [0.2, 0.25) is 5.02 Å². The first-order chi connectivity index (χ1) is 8.97. The van der Waals surface area contributed by atoms with Crippen molar-refractivity contribution in [2.24, 2.45) is 0 Å². The number of benzene rings is 1. The van der Waals surface area contributed by atoms with Crippen LogP contribution >= 0.6 is 11.6 Å². The van der Waals surface area contributed by atoms with E-state index < -0.39 is 0 Å². The molecule has 1 unspecified atom stereocenters. The number of amides is 1. The second kappa shape index (κ2) is 7.36. The Bertz CT molecular complexity index is 437. The zero-order valence-corrected chi connectivity index (χ0v) is 12.5. The summed E-state index contributed by atoms with van der Waals surface area (Å²) in [6.07, 6.45) is 1.09. The van der Waals surface area contributed by atoms with Crippen LogP contribution in [0.3, 0.4) is 0 Å². The number of carbonyl (C=O) groups excluding carboxylic acids is 1. The highest BCUT2D eigenvalue weighted by atomic mass is 35.5. The normalized spacial score (nSPS) is 12.5. The molecule has 0 aliphatic carbocycles. The van der Waals surface area contributed by atoms with E-state index in [1.165, 1.54) is 0 Å². The summed E-state index contributed by atoms with van der Waals surface area (Å²) in [5, 5.41) is 3.17. The van der Waals surface area contributed by atoms with Gasteiger partial charge in [-0.3, -0.25) is 4.79 Å². The average molecular weight is 284 g/mol. The Morgan fingerprint density at radius 2 is 2.21 bits per heavy atom. The van der Waals surface area contributed by atoms with Crippen LogP contribution in [0.5, 0.6) is 0 Å². The first kappa shape index (κ1) is 15.8. The van der Waals surface area contributed by atoms with E-state index in [2.05, 4.69) is 24.1 Å². The van der Waals surface area contributed by atoms with Crippen LogP contribution in [0, 0.1) is 0 Å². The predicted molar refractivity (Wildman–Crippen MR) is 80.6 cm³/mol. The molecule has 1 aromatic rings. The first-order valence-electron chi connectivity index (χ1n) is 6.49. The van der Waals surface area contributed by atoms with E-state index in [1.54, 1.807) is 18.2 Å². The summed E-state index contributed by atoms with van der Waals surface area (Å²) < 4.78 is 0. The average Bonchev–Trinajstić information content (AvgIpc) is 2.40. The van der Waals surface area contributed by atoms with Crippen molar-refractivity contribution in [3.63, 3.8) is 0 Å². The molecule has 0 fully saturated rings. The van der Waals surface area contributed by atoms with Gasteiger partial charge >= 0.3 is 0 Å². The molecule has 1 rings (SSSR count). The lowest BCUT2D eigenvalue weighted by molar-refractivity contribution is 0.0947. The fourth-order valence-corrected chi connectivity index (χ4v) is 1.91. The molecule has 0 aliphatic heterocycles. The highest BCUT2D eigenvalue weighted by molar-refractivity contribution is 6.36. The second-order valence-corrected chi connectivity index (χ2v) is 5.08. The smallest absolute Gasteiger partial charge is 0.252 e. The number of likely N-dealkylation sites (N-methyl/N-ethyl adjacent to an activating group) is 1. The zero-order valence-electron chi connectivity index (χ0n) is 11.7. The molecule has 5 heteroatoms. The standard InChI is InChI=1S/C14H22ClN3O/c1-4-10(2)18(3)9-8-17-14(19)11-6-5-7-12(16)13(11)15/h5-7,10H,4,8-9,16H2,1-3H3,(H,17,19). The van der Waals surface area contributed by atoms with E-state index in [1.807, 2.05) is 7.05 Å². The number of carbonyl (C=O) groups is 1. The zero-order chi connectivity index (χ0) is 14.4. The Morgan fingerprint density at radius 1 is 1.53 bits per heavy atom. The van der Waals surface area contributed by atoms with Gasteiger partial charge in [-0.2, -0.15) is 0 Å². The summed E-state index contributed by atoms with van der Waals surface area (Å²) in [7, 11) is 2.05. The van der Waals surface area contributed by atoms with Crippen LogP contribution in [-0.2, 0) is 0 Å². The molecule has 0 heterocycles. The SMILES string of the molecule is CCC(C)N(C)CCNC(=O)c1cccc(N)c1Cl. The number of halogens is 1. The number of rotatable bonds is 6. The molecule has 0 radical (unpaired) electrons. The van der Waals surface area contributed by atoms with E-state index in [0.29, 0.717) is 28.9 Å². The second-order valence-electron chi connectivity index (χ2n) is 4.70. The van der Waals surface area contributed by atoms with Gasteiger partial charge in [0.2, 0.25) is 0 Å². The molecular formula is C14H22ClN3O. The largest absolute Gasteiger partial charge is 0.398 e. The summed E-state index contributed by atoms with van der Waals surface area (Å²) in [6.45, 7) is 5.70. The number of hydrogen-bond acceptors (Lipinski definition) is 3. The van der Waals surface area contributed by atoms with E-state index in [-0.39, 0.29) is 5.91 Å². The molecule has 0 bridgehead atoms. The number of nitrogens with zero attached hydrogens (tertiary/aromatic N) is 1. The number of nitrogens with one attached hydrogen (secondary N) is 1. The van der Waals surface area contributed by atoms with Gasteiger partial charge in [-0.25, -0.2) is 0 Å². The summed E-state index contributed by atoms with van der Waals surface area (Å²) in [5.41, 5.74) is 6.52. The molecule has 0 aliphatic rings. The van der Waals surface area contributed by atoms with E-state index in [0.717, 1.165) is 13.0 Å². The lowest BCUT2D eigenvalue weighted by atomic mass is 10.2. The topological polar surface area (TPSA) is 58.4 Å². The summed E-state index contributed by atoms with van der Waals surface area (Å²) in [6, 6.07) is 5.58. The molecule has 1 amide bonds. The molecule has 3 N–H and O–H groups in total. The van der Waals surface area contributed by atoms with Crippen LogP contribution in [0.4, 0.5) is 5.69 Å². The van der Waals surface area contributed by atoms with Gasteiger partial charge in [0, 0.05) is 19.1 Å². The number of anilines is 1. The van der Waals surface area contributed by atoms with Crippen molar-refractivity contribution < 1.29 is 4.79 Å². The van der Waals surface area contributed by atoms with Crippen LogP contribution in [-0.4, -0.2) is 37.0 Å². The molecule has 106 valence electrons. The van der Waals surface area contributed by atoms with E-state index in [4.69, 9.17) is 17.3 Å². The molecule has 4 nitrogen and oxygen atoms in total. The quantitative estimate of drug-likeness (QED) is 0.788. The van der Waals surface area contributed by atoms with Gasteiger partial charge in [-0.1, -0.05) is 24.6 Å². The van der Waals surface area contributed by atoms with Gasteiger partial charge in [0.1, 0.15) is 0 Å². The van der Waals surface area contributed by atoms with Gasteiger partial charge in [0.05, 0.1) is 16.3 Å². The van der Waals surface area contributed by atoms with Gasteiger partial charge in [0.15, 0.2) is 0 Å². The van der Waals surface area contributed by atoms with Crippen molar-refractivity contribution in [1.29, 1.82) is 0 Å². The fraction of sp³-hybridized carbons (Fsp3) is 0.500. The number of hydrogen-bond donors (Lipinski definition) is 2. The minimum absolute atomic E-state index is 0.185. The van der Waals surface area contributed by atoms with E-state index >= 15 is 0 Å². The summed E-state index contributed by atoms with van der Waals surface area (Å²) in [5.74, 6) is -0.185. The highest BCUT2D eigenvalue weighted by Crippen LogP contribution is 2.22. The fourth-order valence-electron chi connectivity index (χ4n) is 1.70. The van der Waals surface area contributed by atoms with Crippen molar-refractivity contribution in [1.82, 2.24) is 10.2 Å². The van der Waals surface area contributed by atoms with Gasteiger partial charge in [-0.15, -0.1) is 0 Å². The Morgan fingerprint density at radius 3 is 2.84 bits per heavy atom. The van der Waals surface area contributed by atoms with Crippen molar-refractivity contribution in [3.05, 3.63) is 28.8 Å². The summed E-state index contributed by atoms with van der Waals surface area (Å²) >= 11 is 6.01. The Labute approximate surface area is 119 Å². The van der Waals surface area contributed by atoms with Crippen LogP contribution in [0.15, 0.2) is 18.2 Å². The Hall–Kier alpha value is -1.26. The van der Waals surface area contributed by atoms with Crippen LogP contribution < -0.4 is 11.1 Å². The minimum atomic E-state index is -0.185. The van der Waals surface area contributed by atoms with Crippen LogP contribution in [0.25, 0.3) is 0 Å². The van der Waals surface area contributed by atoms with Crippen molar-refractivity contribution >= 4 is 23.2 Å². The third-order valence-electron chi connectivity index (χ3n) is 3.37. The third-order valence-corrected chi connectivity index (χ3v) is 3.79. The first-order valence-corrected chi connectivity index (χ1v) is 6.87.